The third kappa shape index (κ3) is 7.34. The van der Waals surface area contributed by atoms with E-state index in [4.69, 9.17) is 14.2 Å². The van der Waals surface area contributed by atoms with Gasteiger partial charge in [-0.15, -0.1) is 0 Å². The van der Waals surface area contributed by atoms with E-state index in [1.165, 1.54) is 7.11 Å². The summed E-state index contributed by atoms with van der Waals surface area (Å²) in [6.07, 6.45) is 0.639. The lowest BCUT2D eigenvalue weighted by Crippen LogP contribution is -2.53. The second-order valence-electron chi connectivity index (χ2n) is 9.93. The number of hydrogen-bond acceptors (Lipinski definition) is 7. The Morgan fingerprint density at radius 1 is 1.03 bits per heavy atom. The number of methoxy groups -OCH3 is 1. The molecule has 3 amide bonds. The Labute approximate surface area is 205 Å². The first-order valence-electron chi connectivity index (χ1n) is 11.9. The molecule has 1 aliphatic carbocycles. The van der Waals surface area contributed by atoms with E-state index in [0.29, 0.717) is 32.2 Å². The number of alkyl carbamates (subject to hydrolysis) is 2. The lowest BCUT2D eigenvalue weighted by atomic mass is 9.80. The normalized spacial score (nSPS) is 24.5. The maximum absolute atomic E-state index is 13.1. The maximum atomic E-state index is 13.1. The van der Waals surface area contributed by atoms with E-state index in [9.17, 15) is 19.2 Å². The molecule has 3 rings (SSSR count). The Bertz CT molecular complexity index is 915. The zero-order valence-electron chi connectivity index (χ0n) is 20.7. The molecule has 2 N–H and O–H groups in total. The molecule has 1 unspecified atom stereocenters. The van der Waals surface area contributed by atoms with Gasteiger partial charge in [0, 0.05) is 18.6 Å². The van der Waals surface area contributed by atoms with Gasteiger partial charge in [-0.2, -0.15) is 0 Å². The molecular formula is C25H35N3O7. The quantitative estimate of drug-likeness (QED) is 0.465. The number of carbonyl (C=O) groups is 4. The second kappa shape index (κ2) is 11.4. The molecule has 10 heteroatoms. The van der Waals surface area contributed by atoms with E-state index in [-0.39, 0.29) is 24.6 Å². The van der Waals surface area contributed by atoms with Gasteiger partial charge in [0.2, 0.25) is 5.91 Å². The zero-order valence-corrected chi connectivity index (χ0v) is 20.7. The van der Waals surface area contributed by atoms with Crippen molar-refractivity contribution in [2.75, 3.05) is 13.7 Å². The molecule has 1 heterocycles. The van der Waals surface area contributed by atoms with Gasteiger partial charge in [-0.25, -0.2) is 9.59 Å². The van der Waals surface area contributed by atoms with Crippen molar-refractivity contribution in [1.82, 2.24) is 15.5 Å². The number of benzene rings is 1. The average molecular weight is 490 g/mol. The predicted molar refractivity (Wildman–Crippen MR) is 126 cm³/mol. The smallest absolute Gasteiger partial charge is 0.408 e. The Morgan fingerprint density at radius 2 is 1.74 bits per heavy atom. The first-order valence-corrected chi connectivity index (χ1v) is 11.9. The summed E-state index contributed by atoms with van der Waals surface area (Å²) in [6.45, 7) is 5.85. The lowest BCUT2D eigenvalue weighted by Gasteiger charge is -2.39. The van der Waals surface area contributed by atoms with Crippen LogP contribution in [0.25, 0.3) is 0 Å². The molecule has 4 atom stereocenters. The Hall–Kier alpha value is -3.30. The molecule has 35 heavy (non-hydrogen) atoms. The number of nitrogens with zero attached hydrogens (tertiary/aromatic N) is 1. The molecule has 1 saturated heterocycles. The molecule has 0 bridgehead atoms. The Morgan fingerprint density at radius 3 is 2.40 bits per heavy atom. The topological polar surface area (TPSA) is 123 Å². The summed E-state index contributed by atoms with van der Waals surface area (Å²) in [7, 11) is 1.31. The fourth-order valence-electron chi connectivity index (χ4n) is 4.61. The number of esters is 1. The Kier molecular flexibility index (Phi) is 8.58. The fraction of sp³-hybridized carbons (Fsp3) is 0.600. The van der Waals surface area contributed by atoms with Crippen LogP contribution in [0.5, 0.6) is 0 Å². The molecule has 10 nitrogen and oxygen atoms in total. The van der Waals surface area contributed by atoms with Crippen LogP contribution in [-0.4, -0.2) is 66.3 Å². The van der Waals surface area contributed by atoms with Crippen molar-refractivity contribution >= 4 is 24.1 Å². The van der Waals surface area contributed by atoms with Crippen LogP contribution in [0.2, 0.25) is 0 Å². The number of ether oxygens (including phenoxy) is 3. The van der Waals surface area contributed by atoms with Gasteiger partial charge in [-0.3, -0.25) is 9.59 Å². The molecule has 1 aromatic carbocycles. The number of rotatable bonds is 6. The Balaban J connectivity index is 1.56. The van der Waals surface area contributed by atoms with Crippen LogP contribution in [0.3, 0.4) is 0 Å². The van der Waals surface area contributed by atoms with E-state index in [2.05, 4.69) is 10.6 Å². The van der Waals surface area contributed by atoms with Crippen LogP contribution in [-0.2, 0) is 30.4 Å². The third-order valence-corrected chi connectivity index (χ3v) is 6.18. The monoisotopic (exact) mass is 489 g/mol. The minimum atomic E-state index is -0.714. The van der Waals surface area contributed by atoms with Crippen LogP contribution in [0, 0.1) is 5.92 Å². The highest BCUT2D eigenvalue weighted by Crippen LogP contribution is 2.32. The molecule has 0 aromatic heterocycles. The average Bonchev–Trinajstić information content (AvgIpc) is 3.16. The minimum Gasteiger partial charge on any atom is -0.469 e. The highest BCUT2D eigenvalue weighted by molar-refractivity contribution is 5.88. The fourth-order valence-corrected chi connectivity index (χ4v) is 4.61. The van der Waals surface area contributed by atoms with Gasteiger partial charge in [-0.05, 0) is 52.0 Å². The van der Waals surface area contributed by atoms with E-state index in [1.807, 2.05) is 30.3 Å². The van der Waals surface area contributed by atoms with Gasteiger partial charge >= 0.3 is 18.2 Å². The summed E-state index contributed by atoms with van der Waals surface area (Å²) in [6, 6.07) is 7.90. The van der Waals surface area contributed by atoms with Crippen molar-refractivity contribution in [2.24, 2.45) is 5.92 Å². The lowest BCUT2D eigenvalue weighted by molar-refractivity contribution is -0.151. The van der Waals surface area contributed by atoms with E-state index < -0.39 is 35.7 Å². The number of likely N-dealkylation sites (tertiary alicyclic amines) is 1. The van der Waals surface area contributed by atoms with E-state index in [0.717, 1.165) is 5.56 Å². The SMILES string of the molecule is COC(=O)[C@@H]1C[C@H](NC(=O)OC(C)(C)C)CC[C@@H]1N1CCC(NC(=O)OCc2ccccc2)C1=O. The molecular weight excluding hydrogens is 454 g/mol. The number of amides is 3. The summed E-state index contributed by atoms with van der Waals surface area (Å²) in [4.78, 5) is 51.8. The van der Waals surface area contributed by atoms with Gasteiger partial charge in [-0.1, -0.05) is 30.3 Å². The summed E-state index contributed by atoms with van der Waals surface area (Å²) in [5, 5.41) is 5.46. The molecule has 0 spiro atoms. The summed E-state index contributed by atoms with van der Waals surface area (Å²) in [5.74, 6) is -1.28. The van der Waals surface area contributed by atoms with Crippen LogP contribution < -0.4 is 10.6 Å². The third-order valence-electron chi connectivity index (χ3n) is 6.18. The largest absolute Gasteiger partial charge is 0.469 e. The molecule has 2 fully saturated rings. The molecule has 0 radical (unpaired) electrons. The van der Waals surface area contributed by atoms with Crippen LogP contribution >= 0.6 is 0 Å². The van der Waals surface area contributed by atoms with Crippen molar-refractivity contribution in [3.63, 3.8) is 0 Å². The highest BCUT2D eigenvalue weighted by Gasteiger charge is 2.45. The molecule has 192 valence electrons. The van der Waals surface area contributed by atoms with Gasteiger partial charge in [0.1, 0.15) is 18.2 Å². The molecule has 1 aliphatic heterocycles. The first-order chi connectivity index (χ1) is 16.6. The summed E-state index contributed by atoms with van der Waals surface area (Å²) >= 11 is 0. The molecule has 1 saturated carbocycles. The van der Waals surface area contributed by atoms with E-state index >= 15 is 0 Å². The summed E-state index contributed by atoms with van der Waals surface area (Å²) < 4.78 is 15.6. The number of hydrogen-bond donors (Lipinski definition) is 2. The van der Waals surface area contributed by atoms with Crippen molar-refractivity contribution in [2.45, 2.75) is 76.8 Å². The van der Waals surface area contributed by atoms with Crippen molar-refractivity contribution in [3.8, 4) is 0 Å². The van der Waals surface area contributed by atoms with Gasteiger partial charge in [0.15, 0.2) is 0 Å². The van der Waals surface area contributed by atoms with Gasteiger partial charge in [0.05, 0.1) is 13.0 Å². The van der Waals surface area contributed by atoms with Crippen LogP contribution in [0.15, 0.2) is 30.3 Å². The zero-order chi connectivity index (χ0) is 25.6. The second-order valence-corrected chi connectivity index (χ2v) is 9.93. The predicted octanol–water partition coefficient (Wildman–Crippen LogP) is 2.75. The maximum Gasteiger partial charge on any atom is 0.408 e. The van der Waals surface area contributed by atoms with Crippen LogP contribution in [0.1, 0.15) is 52.0 Å². The van der Waals surface area contributed by atoms with Gasteiger partial charge in [0.25, 0.3) is 0 Å². The van der Waals surface area contributed by atoms with Crippen molar-refractivity contribution in [3.05, 3.63) is 35.9 Å². The van der Waals surface area contributed by atoms with Gasteiger partial charge < -0.3 is 29.7 Å². The first kappa shape index (κ1) is 26.3. The highest BCUT2D eigenvalue weighted by atomic mass is 16.6. The summed E-state index contributed by atoms with van der Waals surface area (Å²) in [5.41, 5.74) is 0.217. The van der Waals surface area contributed by atoms with Crippen molar-refractivity contribution in [1.29, 1.82) is 0 Å². The number of nitrogens with one attached hydrogen (secondary N) is 2. The number of carbonyl (C=O) groups excluding carboxylic acids is 4. The molecule has 1 aromatic rings. The molecule has 2 aliphatic rings. The van der Waals surface area contributed by atoms with Crippen LogP contribution in [0.4, 0.5) is 9.59 Å². The minimum absolute atomic E-state index is 0.108. The van der Waals surface area contributed by atoms with Crippen molar-refractivity contribution < 1.29 is 33.4 Å². The standard InChI is InChI=1S/C25H35N3O7/c1-25(2,3)35-24(32)26-17-10-11-20(18(14-17)22(30)33-4)28-13-12-19(21(28)29)27-23(31)34-15-16-8-6-5-7-9-16/h5-9,17-20H,10-15H2,1-4H3,(H,26,32)(H,27,31)/t17-,18-,19?,20+/m1/s1. The van der Waals surface area contributed by atoms with E-state index in [1.54, 1.807) is 25.7 Å².